The number of halogens is 1. The van der Waals surface area contributed by atoms with Gasteiger partial charge in [-0.2, -0.15) is 0 Å². The molecule has 106 valence electrons. The Bertz CT molecular complexity index is 617. The summed E-state index contributed by atoms with van der Waals surface area (Å²) in [7, 11) is 1.86. The Morgan fingerprint density at radius 1 is 1.45 bits per heavy atom. The van der Waals surface area contributed by atoms with E-state index in [-0.39, 0.29) is 11.3 Å². The van der Waals surface area contributed by atoms with Gasteiger partial charge in [-0.3, -0.25) is 10.1 Å². The standard InChI is InChI=1S/C12H13FN4O2S/c1-14-6-2-3-11-15-16-12(20-11)9-7-8(13)4-5-10(9)17(18)19/h4-5,7,14H,2-3,6H2,1H3. The van der Waals surface area contributed by atoms with E-state index in [1.54, 1.807) is 0 Å². The highest BCUT2D eigenvalue weighted by Gasteiger charge is 2.19. The zero-order valence-electron chi connectivity index (χ0n) is 10.8. The first-order valence-electron chi connectivity index (χ1n) is 6.03. The molecule has 0 fully saturated rings. The molecule has 0 saturated carbocycles. The highest BCUT2D eigenvalue weighted by atomic mass is 32.1. The highest BCUT2D eigenvalue weighted by Crippen LogP contribution is 2.32. The summed E-state index contributed by atoms with van der Waals surface area (Å²) in [6, 6.07) is 3.33. The minimum absolute atomic E-state index is 0.163. The average Bonchev–Trinajstić information content (AvgIpc) is 2.87. The maximum absolute atomic E-state index is 13.3. The number of nitro groups is 1. The van der Waals surface area contributed by atoms with E-state index in [1.807, 2.05) is 7.05 Å². The Kier molecular flexibility index (Phi) is 4.70. The van der Waals surface area contributed by atoms with Gasteiger partial charge in [0, 0.05) is 12.5 Å². The van der Waals surface area contributed by atoms with Crippen LogP contribution in [0, 0.1) is 15.9 Å². The molecule has 1 N–H and O–H groups in total. The fourth-order valence-corrected chi connectivity index (χ4v) is 2.62. The van der Waals surface area contributed by atoms with Crippen LogP contribution in [0.5, 0.6) is 0 Å². The van der Waals surface area contributed by atoms with E-state index < -0.39 is 10.7 Å². The smallest absolute Gasteiger partial charge is 0.279 e. The van der Waals surface area contributed by atoms with Crippen LogP contribution in [0.4, 0.5) is 10.1 Å². The highest BCUT2D eigenvalue weighted by molar-refractivity contribution is 7.14. The molecular weight excluding hydrogens is 283 g/mol. The number of hydrogen-bond acceptors (Lipinski definition) is 6. The van der Waals surface area contributed by atoms with Gasteiger partial charge < -0.3 is 5.32 Å². The number of nitrogens with one attached hydrogen (secondary N) is 1. The van der Waals surface area contributed by atoms with Crippen molar-refractivity contribution in [1.29, 1.82) is 0 Å². The summed E-state index contributed by atoms with van der Waals surface area (Å²) in [4.78, 5) is 10.4. The van der Waals surface area contributed by atoms with Crippen molar-refractivity contribution in [3.05, 3.63) is 39.1 Å². The van der Waals surface area contributed by atoms with E-state index in [1.165, 1.54) is 11.3 Å². The van der Waals surface area contributed by atoms with Crippen molar-refractivity contribution in [2.75, 3.05) is 13.6 Å². The van der Waals surface area contributed by atoms with E-state index in [0.717, 1.165) is 42.6 Å². The van der Waals surface area contributed by atoms with Crippen LogP contribution in [0.3, 0.4) is 0 Å². The maximum atomic E-state index is 13.3. The molecule has 0 radical (unpaired) electrons. The van der Waals surface area contributed by atoms with Gasteiger partial charge in [-0.15, -0.1) is 10.2 Å². The summed E-state index contributed by atoms with van der Waals surface area (Å²) in [5, 5.41) is 23.1. The van der Waals surface area contributed by atoms with E-state index >= 15 is 0 Å². The van der Waals surface area contributed by atoms with E-state index in [9.17, 15) is 14.5 Å². The third kappa shape index (κ3) is 3.34. The maximum Gasteiger partial charge on any atom is 0.279 e. The minimum Gasteiger partial charge on any atom is -0.320 e. The number of rotatable bonds is 6. The lowest BCUT2D eigenvalue weighted by Gasteiger charge is -1.98. The van der Waals surface area contributed by atoms with Crippen LogP contribution in [0.2, 0.25) is 0 Å². The normalized spacial score (nSPS) is 10.7. The lowest BCUT2D eigenvalue weighted by Crippen LogP contribution is -2.08. The summed E-state index contributed by atoms with van der Waals surface area (Å²) in [6.45, 7) is 0.856. The molecule has 2 aromatic rings. The van der Waals surface area contributed by atoms with Crippen LogP contribution < -0.4 is 5.32 Å². The Hall–Kier alpha value is -1.93. The second kappa shape index (κ2) is 6.49. The molecule has 6 nitrogen and oxygen atoms in total. The van der Waals surface area contributed by atoms with Crippen LogP contribution in [0.1, 0.15) is 11.4 Å². The molecule has 0 amide bonds. The zero-order chi connectivity index (χ0) is 14.5. The number of nitrogens with zero attached hydrogens (tertiary/aromatic N) is 3. The molecule has 0 aliphatic carbocycles. The second-order valence-electron chi connectivity index (χ2n) is 4.13. The summed E-state index contributed by atoms with van der Waals surface area (Å²) in [6.07, 6.45) is 1.64. The van der Waals surface area contributed by atoms with Crippen molar-refractivity contribution in [3.8, 4) is 10.6 Å². The van der Waals surface area contributed by atoms with Crippen molar-refractivity contribution in [3.63, 3.8) is 0 Å². The second-order valence-corrected chi connectivity index (χ2v) is 5.19. The van der Waals surface area contributed by atoms with Gasteiger partial charge in [0.1, 0.15) is 10.8 Å². The Morgan fingerprint density at radius 2 is 2.25 bits per heavy atom. The first kappa shape index (κ1) is 14.5. The number of nitro benzene ring substituents is 1. The monoisotopic (exact) mass is 296 g/mol. The summed E-state index contributed by atoms with van der Waals surface area (Å²) >= 11 is 1.26. The Morgan fingerprint density at radius 3 is 2.95 bits per heavy atom. The molecule has 20 heavy (non-hydrogen) atoms. The molecule has 1 heterocycles. The molecule has 1 aromatic heterocycles. The molecule has 0 atom stereocenters. The van der Waals surface area contributed by atoms with Gasteiger partial charge in [0.05, 0.1) is 10.5 Å². The fourth-order valence-electron chi connectivity index (χ4n) is 1.72. The minimum atomic E-state index is -0.545. The van der Waals surface area contributed by atoms with Gasteiger partial charge in [-0.25, -0.2) is 4.39 Å². The molecule has 1 aromatic carbocycles. The van der Waals surface area contributed by atoms with E-state index in [4.69, 9.17) is 0 Å². The summed E-state index contributed by atoms with van der Waals surface area (Å²) in [5.74, 6) is -0.530. The Balaban J connectivity index is 2.27. The van der Waals surface area contributed by atoms with Crippen molar-refractivity contribution in [2.24, 2.45) is 0 Å². The quantitative estimate of drug-likeness (QED) is 0.503. The van der Waals surface area contributed by atoms with Crippen LogP contribution in [-0.4, -0.2) is 28.7 Å². The van der Waals surface area contributed by atoms with Crippen molar-refractivity contribution in [1.82, 2.24) is 15.5 Å². The van der Waals surface area contributed by atoms with E-state index in [0.29, 0.717) is 5.01 Å². The fraction of sp³-hybridized carbons (Fsp3) is 0.333. The summed E-state index contributed by atoms with van der Waals surface area (Å²) < 4.78 is 13.3. The van der Waals surface area contributed by atoms with Gasteiger partial charge in [-0.1, -0.05) is 11.3 Å². The predicted octanol–water partition coefficient (Wildman–Crippen LogP) is 2.40. The zero-order valence-corrected chi connectivity index (χ0v) is 11.6. The number of aromatic nitrogens is 2. The molecular formula is C12H13FN4O2S. The van der Waals surface area contributed by atoms with E-state index in [2.05, 4.69) is 15.5 Å². The lowest BCUT2D eigenvalue weighted by molar-refractivity contribution is -0.384. The summed E-state index contributed by atoms with van der Waals surface area (Å²) in [5.41, 5.74) is 0.0108. The molecule has 0 aliphatic rings. The largest absolute Gasteiger partial charge is 0.320 e. The van der Waals surface area contributed by atoms with Crippen molar-refractivity contribution in [2.45, 2.75) is 12.8 Å². The van der Waals surface area contributed by atoms with Gasteiger partial charge in [0.25, 0.3) is 5.69 Å². The molecule has 8 heteroatoms. The first-order chi connectivity index (χ1) is 9.61. The number of hydrogen-bond donors (Lipinski definition) is 1. The first-order valence-corrected chi connectivity index (χ1v) is 6.84. The van der Waals surface area contributed by atoms with Gasteiger partial charge in [-0.05, 0) is 32.1 Å². The van der Waals surface area contributed by atoms with Crippen LogP contribution in [0.15, 0.2) is 18.2 Å². The van der Waals surface area contributed by atoms with Gasteiger partial charge in [0.2, 0.25) is 0 Å². The average molecular weight is 296 g/mol. The SMILES string of the molecule is CNCCCc1nnc(-c2cc(F)ccc2[N+](=O)[O-])s1. The molecule has 0 saturated heterocycles. The van der Waals surface area contributed by atoms with Gasteiger partial charge in [0.15, 0.2) is 5.01 Å². The van der Waals surface area contributed by atoms with Crippen LogP contribution in [-0.2, 0) is 6.42 Å². The number of aryl methyl sites for hydroxylation is 1. The molecule has 0 bridgehead atoms. The topological polar surface area (TPSA) is 81.0 Å². The third-order valence-electron chi connectivity index (χ3n) is 2.67. The van der Waals surface area contributed by atoms with Crippen molar-refractivity contribution < 1.29 is 9.31 Å². The lowest BCUT2D eigenvalue weighted by atomic mass is 10.2. The number of benzene rings is 1. The van der Waals surface area contributed by atoms with Crippen molar-refractivity contribution >= 4 is 17.0 Å². The molecule has 0 aliphatic heterocycles. The van der Waals surface area contributed by atoms with Crippen LogP contribution >= 0.6 is 11.3 Å². The predicted molar refractivity (Wildman–Crippen MR) is 74.2 cm³/mol. The van der Waals surface area contributed by atoms with Crippen LogP contribution in [0.25, 0.3) is 10.6 Å². The molecule has 0 unspecified atom stereocenters. The molecule has 0 spiro atoms. The molecule has 2 rings (SSSR count). The van der Waals surface area contributed by atoms with Gasteiger partial charge >= 0.3 is 0 Å². The third-order valence-corrected chi connectivity index (χ3v) is 3.69. The Labute approximate surface area is 118 Å².